The van der Waals surface area contributed by atoms with Gasteiger partial charge in [-0.2, -0.15) is 0 Å². The Morgan fingerprint density at radius 2 is 1.67 bits per heavy atom. The third-order valence-corrected chi connectivity index (χ3v) is 3.21. The topological polar surface area (TPSA) is 61.4 Å². The average Bonchev–Trinajstić information content (AvgIpc) is 2.95. The molecule has 1 saturated heterocycles. The molecule has 0 bridgehead atoms. The maximum absolute atomic E-state index is 12.9. The van der Waals surface area contributed by atoms with E-state index in [-0.39, 0.29) is 24.7 Å². The third kappa shape index (κ3) is 4.70. The van der Waals surface area contributed by atoms with Crippen molar-refractivity contribution in [3.05, 3.63) is 29.8 Å². The van der Waals surface area contributed by atoms with Crippen LogP contribution >= 0.6 is 0 Å². The number of halogens is 2. The number of hydrogen-bond donors (Lipinski definition) is 2. The summed E-state index contributed by atoms with van der Waals surface area (Å²) in [6, 6.07) is 2.93. The van der Waals surface area contributed by atoms with Gasteiger partial charge in [-0.1, -0.05) is 0 Å². The number of rotatable bonds is 5. The van der Waals surface area contributed by atoms with Crippen molar-refractivity contribution >= 4 is 17.5 Å². The molecule has 1 aromatic rings. The lowest BCUT2D eigenvalue weighted by molar-refractivity contribution is -0.131. The van der Waals surface area contributed by atoms with E-state index < -0.39 is 17.5 Å². The Morgan fingerprint density at radius 3 is 2.29 bits per heavy atom. The van der Waals surface area contributed by atoms with E-state index in [4.69, 9.17) is 0 Å². The predicted octanol–water partition coefficient (Wildman–Crippen LogP) is 1.12. The number of nitrogens with one attached hydrogen (secondary N) is 2. The summed E-state index contributed by atoms with van der Waals surface area (Å²) in [6.45, 7) is 1.25. The normalized spacial score (nSPS) is 14.1. The van der Waals surface area contributed by atoms with Gasteiger partial charge < -0.3 is 15.5 Å². The van der Waals surface area contributed by atoms with E-state index in [1.165, 1.54) is 0 Å². The first-order chi connectivity index (χ1) is 10.0. The number of nitrogens with zero attached hydrogens (tertiary/aromatic N) is 1. The minimum atomic E-state index is -0.720. The molecule has 0 saturated carbocycles. The van der Waals surface area contributed by atoms with Crippen LogP contribution in [0.3, 0.4) is 0 Å². The van der Waals surface area contributed by atoms with Crippen LogP contribution < -0.4 is 10.6 Å². The van der Waals surface area contributed by atoms with Crippen molar-refractivity contribution in [2.75, 3.05) is 31.5 Å². The first kappa shape index (κ1) is 15.2. The molecule has 0 unspecified atom stereocenters. The molecule has 1 heterocycles. The standard InChI is InChI=1S/C14H17F2N3O2/c15-10-5-11(16)7-12(6-10)17-8-13(20)18-9-14(21)19-3-1-2-4-19/h5-7,17H,1-4,8-9H2,(H,18,20). The number of anilines is 1. The minimum Gasteiger partial charge on any atom is -0.376 e. The average molecular weight is 297 g/mol. The van der Waals surface area contributed by atoms with Crippen molar-refractivity contribution in [1.82, 2.24) is 10.2 Å². The number of carbonyl (C=O) groups excluding carboxylic acids is 2. The Morgan fingerprint density at radius 1 is 1.05 bits per heavy atom. The zero-order valence-corrected chi connectivity index (χ0v) is 11.5. The van der Waals surface area contributed by atoms with E-state index in [0.717, 1.165) is 44.1 Å². The van der Waals surface area contributed by atoms with Crippen molar-refractivity contribution in [2.24, 2.45) is 0 Å². The molecule has 5 nitrogen and oxygen atoms in total. The first-order valence-corrected chi connectivity index (χ1v) is 6.79. The molecule has 1 aliphatic rings. The molecule has 0 radical (unpaired) electrons. The Labute approximate surface area is 121 Å². The van der Waals surface area contributed by atoms with E-state index in [9.17, 15) is 18.4 Å². The molecule has 0 aromatic heterocycles. The van der Waals surface area contributed by atoms with Gasteiger partial charge in [0.05, 0.1) is 13.1 Å². The van der Waals surface area contributed by atoms with E-state index in [1.54, 1.807) is 4.90 Å². The molecule has 2 amide bonds. The molecule has 7 heteroatoms. The Balaban J connectivity index is 1.73. The van der Waals surface area contributed by atoms with Crippen LogP contribution in [-0.2, 0) is 9.59 Å². The van der Waals surface area contributed by atoms with E-state index in [0.29, 0.717) is 0 Å². The zero-order chi connectivity index (χ0) is 15.2. The summed E-state index contributed by atoms with van der Waals surface area (Å²) in [5.41, 5.74) is 0.175. The summed E-state index contributed by atoms with van der Waals surface area (Å²) >= 11 is 0. The van der Waals surface area contributed by atoms with E-state index in [2.05, 4.69) is 10.6 Å². The fourth-order valence-electron chi connectivity index (χ4n) is 2.15. The van der Waals surface area contributed by atoms with Gasteiger partial charge in [-0.05, 0) is 25.0 Å². The summed E-state index contributed by atoms with van der Waals surface area (Å²) in [4.78, 5) is 25.0. The Hall–Kier alpha value is -2.18. The predicted molar refractivity (Wildman–Crippen MR) is 73.7 cm³/mol. The molecule has 0 spiro atoms. The summed E-state index contributed by atoms with van der Waals surface area (Å²) in [7, 11) is 0. The van der Waals surface area contributed by atoms with Gasteiger partial charge in [0.15, 0.2) is 0 Å². The molecule has 0 aliphatic carbocycles. The van der Waals surface area contributed by atoms with Crippen LogP contribution in [0.5, 0.6) is 0 Å². The second-order valence-electron chi connectivity index (χ2n) is 4.88. The monoisotopic (exact) mass is 297 g/mol. The van der Waals surface area contributed by atoms with Gasteiger partial charge in [0, 0.05) is 24.8 Å². The summed E-state index contributed by atoms with van der Waals surface area (Å²) in [6.07, 6.45) is 1.98. The summed E-state index contributed by atoms with van der Waals surface area (Å²) in [5, 5.41) is 5.08. The smallest absolute Gasteiger partial charge is 0.241 e. The lowest BCUT2D eigenvalue weighted by Crippen LogP contribution is -2.40. The molecule has 114 valence electrons. The maximum Gasteiger partial charge on any atom is 0.241 e. The summed E-state index contributed by atoms with van der Waals surface area (Å²) < 4.78 is 25.9. The fourth-order valence-corrected chi connectivity index (χ4v) is 2.15. The van der Waals surface area contributed by atoms with Gasteiger partial charge in [-0.3, -0.25) is 9.59 Å². The molecule has 1 fully saturated rings. The number of benzene rings is 1. The number of hydrogen-bond acceptors (Lipinski definition) is 3. The highest BCUT2D eigenvalue weighted by atomic mass is 19.1. The quantitative estimate of drug-likeness (QED) is 0.856. The molecule has 2 N–H and O–H groups in total. The molecular formula is C14H17F2N3O2. The molecule has 2 rings (SSSR count). The third-order valence-electron chi connectivity index (χ3n) is 3.21. The van der Waals surface area contributed by atoms with Gasteiger partial charge in [-0.15, -0.1) is 0 Å². The van der Waals surface area contributed by atoms with Gasteiger partial charge in [0.25, 0.3) is 0 Å². The van der Waals surface area contributed by atoms with Crippen molar-refractivity contribution in [1.29, 1.82) is 0 Å². The van der Waals surface area contributed by atoms with Crippen molar-refractivity contribution in [2.45, 2.75) is 12.8 Å². The molecular weight excluding hydrogens is 280 g/mol. The molecule has 21 heavy (non-hydrogen) atoms. The van der Waals surface area contributed by atoms with Crippen LogP contribution in [0, 0.1) is 11.6 Å². The SMILES string of the molecule is O=C(CNc1cc(F)cc(F)c1)NCC(=O)N1CCCC1. The first-order valence-electron chi connectivity index (χ1n) is 6.79. The maximum atomic E-state index is 12.9. The Kier molecular flexibility index (Phi) is 5.08. The minimum absolute atomic E-state index is 0.0575. The highest BCUT2D eigenvalue weighted by Gasteiger charge is 2.17. The van der Waals surface area contributed by atoms with Gasteiger partial charge in [0.2, 0.25) is 11.8 Å². The van der Waals surface area contributed by atoms with E-state index in [1.807, 2.05) is 0 Å². The second-order valence-corrected chi connectivity index (χ2v) is 4.88. The number of amides is 2. The van der Waals surface area contributed by atoms with Crippen LogP contribution in [-0.4, -0.2) is 42.9 Å². The Bertz CT molecular complexity index is 511. The number of carbonyl (C=O) groups is 2. The van der Waals surface area contributed by atoms with Gasteiger partial charge >= 0.3 is 0 Å². The fraction of sp³-hybridized carbons (Fsp3) is 0.429. The highest BCUT2D eigenvalue weighted by Crippen LogP contribution is 2.12. The zero-order valence-electron chi connectivity index (χ0n) is 11.5. The molecule has 0 atom stereocenters. The lowest BCUT2D eigenvalue weighted by atomic mass is 10.3. The van der Waals surface area contributed by atoms with Crippen LogP contribution in [0.4, 0.5) is 14.5 Å². The van der Waals surface area contributed by atoms with Crippen LogP contribution in [0.1, 0.15) is 12.8 Å². The van der Waals surface area contributed by atoms with Crippen LogP contribution in [0.15, 0.2) is 18.2 Å². The number of likely N-dealkylation sites (tertiary alicyclic amines) is 1. The van der Waals surface area contributed by atoms with Gasteiger partial charge in [0.1, 0.15) is 11.6 Å². The molecule has 1 aromatic carbocycles. The van der Waals surface area contributed by atoms with Crippen molar-refractivity contribution < 1.29 is 18.4 Å². The second kappa shape index (κ2) is 7.01. The van der Waals surface area contributed by atoms with Crippen LogP contribution in [0.25, 0.3) is 0 Å². The van der Waals surface area contributed by atoms with Crippen LogP contribution in [0.2, 0.25) is 0 Å². The molecule has 1 aliphatic heterocycles. The lowest BCUT2D eigenvalue weighted by Gasteiger charge is -2.15. The van der Waals surface area contributed by atoms with Gasteiger partial charge in [-0.25, -0.2) is 8.78 Å². The van der Waals surface area contributed by atoms with Crippen molar-refractivity contribution in [3.8, 4) is 0 Å². The van der Waals surface area contributed by atoms with E-state index >= 15 is 0 Å². The largest absolute Gasteiger partial charge is 0.376 e. The van der Waals surface area contributed by atoms with Crippen molar-refractivity contribution in [3.63, 3.8) is 0 Å². The highest BCUT2D eigenvalue weighted by molar-refractivity contribution is 5.86. The summed E-state index contributed by atoms with van der Waals surface area (Å²) in [5.74, 6) is -1.96.